The van der Waals surface area contributed by atoms with Crippen LogP contribution in [0.5, 0.6) is 5.75 Å². The van der Waals surface area contributed by atoms with Crippen LogP contribution in [0.1, 0.15) is 65.6 Å². The van der Waals surface area contributed by atoms with Crippen LogP contribution in [0.4, 0.5) is 22.9 Å². The van der Waals surface area contributed by atoms with Crippen molar-refractivity contribution in [3.8, 4) is 5.75 Å². The number of likely N-dealkylation sites (tertiary alicyclic amines) is 1. The lowest BCUT2D eigenvalue weighted by molar-refractivity contribution is 0.0995. The summed E-state index contributed by atoms with van der Waals surface area (Å²) in [4.78, 5) is 20.5. The van der Waals surface area contributed by atoms with Gasteiger partial charge in [-0.15, -0.1) is 0 Å². The number of unbranched alkanes of at least 4 members (excludes halogenated alkanes) is 1. The third kappa shape index (κ3) is 5.71. The molecular weight excluding hydrogens is 448 g/mol. The van der Waals surface area contributed by atoms with Crippen molar-refractivity contribution in [3.63, 3.8) is 0 Å². The summed E-state index contributed by atoms with van der Waals surface area (Å²) in [5.41, 5.74) is 6.22. The van der Waals surface area contributed by atoms with Gasteiger partial charge in [-0.3, -0.25) is 4.79 Å². The van der Waals surface area contributed by atoms with Crippen LogP contribution >= 0.6 is 0 Å². The number of aromatic nitrogens is 1. The highest BCUT2D eigenvalue weighted by Crippen LogP contribution is 2.35. The lowest BCUT2D eigenvalue weighted by Gasteiger charge is -2.19. The number of aryl methyl sites for hydroxylation is 2. The molecule has 5 rings (SSSR count). The molecule has 6 heteroatoms. The highest BCUT2D eigenvalue weighted by Gasteiger charge is 2.24. The standard InChI is InChI=1S/C30H36N4O2/c1-21-9-11-24(35)20-27(21)32-26-13-14-31-30-29(26)28(36)19-23-18-22(10-12-25(23)33-30)8-4-7-17-34-15-5-2-3-6-16-34/h9-14,18,20,35H,2-8,15-17,19H2,1H3,(H2,31,32,33). The molecule has 3 aromatic rings. The predicted octanol–water partition coefficient (Wildman–Crippen LogP) is 6.52. The Kier molecular flexibility index (Phi) is 7.52. The predicted molar refractivity (Wildman–Crippen MR) is 146 cm³/mol. The number of phenols is 1. The van der Waals surface area contributed by atoms with Gasteiger partial charge in [-0.25, -0.2) is 4.98 Å². The molecule has 188 valence electrons. The number of hydrogen-bond acceptors (Lipinski definition) is 6. The molecule has 1 aromatic heterocycles. The van der Waals surface area contributed by atoms with E-state index in [2.05, 4.69) is 38.7 Å². The van der Waals surface area contributed by atoms with Crippen molar-refractivity contribution in [2.24, 2.45) is 0 Å². The zero-order valence-electron chi connectivity index (χ0n) is 21.1. The van der Waals surface area contributed by atoms with Gasteiger partial charge in [0, 0.05) is 30.1 Å². The second-order valence-electron chi connectivity index (χ2n) is 10.1. The largest absolute Gasteiger partial charge is 0.508 e. The molecule has 2 aromatic carbocycles. The van der Waals surface area contributed by atoms with E-state index in [9.17, 15) is 9.90 Å². The Balaban J connectivity index is 1.27. The van der Waals surface area contributed by atoms with E-state index >= 15 is 0 Å². The van der Waals surface area contributed by atoms with Gasteiger partial charge in [0.2, 0.25) is 0 Å². The maximum absolute atomic E-state index is 13.4. The number of phenolic OH excluding ortho intramolecular Hbond substituents is 1. The number of Topliss-reactive ketones (excluding diaryl/α,β-unsaturated/α-hetero) is 1. The minimum atomic E-state index is 0.0305. The molecule has 0 aliphatic carbocycles. The summed E-state index contributed by atoms with van der Waals surface area (Å²) in [6.07, 6.45) is 10.9. The Morgan fingerprint density at radius 3 is 2.67 bits per heavy atom. The Morgan fingerprint density at radius 1 is 1.00 bits per heavy atom. The van der Waals surface area contributed by atoms with Gasteiger partial charge >= 0.3 is 0 Å². The van der Waals surface area contributed by atoms with E-state index < -0.39 is 0 Å². The summed E-state index contributed by atoms with van der Waals surface area (Å²) >= 11 is 0. The van der Waals surface area contributed by atoms with Crippen molar-refractivity contribution in [1.82, 2.24) is 9.88 Å². The van der Waals surface area contributed by atoms with E-state index in [1.165, 1.54) is 57.3 Å². The Hall–Kier alpha value is -3.38. The highest BCUT2D eigenvalue weighted by atomic mass is 16.3. The van der Waals surface area contributed by atoms with Crippen LogP contribution in [-0.4, -0.2) is 40.4 Å². The number of carbonyl (C=O) groups excluding carboxylic acids is 1. The van der Waals surface area contributed by atoms with E-state index in [1.54, 1.807) is 18.3 Å². The average Bonchev–Trinajstić information content (AvgIpc) is 3.21. The molecule has 1 fully saturated rings. The molecule has 0 bridgehead atoms. The van der Waals surface area contributed by atoms with Crippen molar-refractivity contribution in [2.45, 2.75) is 58.3 Å². The molecule has 3 N–H and O–H groups in total. The second kappa shape index (κ2) is 11.1. The number of rotatable bonds is 7. The minimum absolute atomic E-state index is 0.0305. The van der Waals surface area contributed by atoms with Crippen LogP contribution < -0.4 is 10.6 Å². The lowest BCUT2D eigenvalue weighted by atomic mass is 9.99. The Morgan fingerprint density at radius 2 is 1.83 bits per heavy atom. The minimum Gasteiger partial charge on any atom is -0.508 e. The number of nitrogens with zero attached hydrogens (tertiary/aromatic N) is 2. The van der Waals surface area contributed by atoms with Gasteiger partial charge in [0.15, 0.2) is 5.78 Å². The summed E-state index contributed by atoms with van der Waals surface area (Å²) < 4.78 is 0. The van der Waals surface area contributed by atoms with Crippen molar-refractivity contribution < 1.29 is 9.90 Å². The zero-order valence-corrected chi connectivity index (χ0v) is 21.1. The molecule has 0 unspecified atom stereocenters. The lowest BCUT2D eigenvalue weighted by Crippen LogP contribution is -2.25. The van der Waals surface area contributed by atoms with E-state index in [4.69, 9.17) is 0 Å². The number of anilines is 4. The fourth-order valence-corrected chi connectivity index (χ4v) is 5.32. The highest BCUT2D eigenvalue weighted by molar-refractivity contribution is 6.09. The SMILES string of the molecule is Cc1ccc(O)cc1Nc1ccnc2c1C(=O)Cc1cc(CCCCN3CCCCCC3)ccc1N2. The number of aromatic hydroxyl groups is 1. The molecule has 0 amide bonds. The van der Waals surface area contributed by atoms with E-state index in [1.807, 2.05) is 19.1 Å². The van der Waals surface area contributed by atoms with E-state index in [0.717, 1.165) is 35.3 Å². The first-order valence-corrected chi connectivity index (χ1v) is 13.3. The quantitative estimate of drug-likeness (QED) is 0.331. The maximum Gasteiger partial charge on any atom is 0.173 e. The van der Waals surface area contributed by atoms with Crippen LogP contribution in [0.3, 0.4) is 0 Å². The first kappa shape index (κ1) is 24.3. The topological polar surface area (TPSA) is 77.5 Å². The van der Waals surface area contributed by atoms with E-state index in [0.29, 0.717) is 23.5 Å². The number of nitrogens with one attached hydrogen (secondary N) is 2. The van der Waals surface area contributed by atoms with Crippen LogP contribution in [0, 0.1) is 6.92 Å². The monoisotopic (exact) mass is 484 g/mol. The summed E-state index contributed by atoms with van der Waals surface area (Å²) in [7, 11) is 0. The molecule has 6 nitrogen and oxygen atoms in total. The molecule has 2 aliphatic rings. The molecule has 2 aliphatic heterocycles. The first-order chi connectivity index (χ1) is 17.6. The second-order valence-corrected chi connectivity index (χ2v) is 10.1. The third-order valence-corrected chi connectivity index (χ3v) is 7.38. The fourth-order valence-electron chi connectivity index (χ4n) is 5.32. The van der Waals surface area contributed by atoms with Gasteiger partial charge in [0.25, 0.3) is 0 Å². The molecule has 1 saturated heterocycles. The summed E-state index contributed by atoms with van der Waals surface area (Å²) in [6.45, 7) is 5.67. The molecule has 0 radical (unpaired) electrons. The van der Waals surface area contributed by atoms with Gasteiger partial charge in [-0.05, 0) is 93.6 Å². The summed E-state index contributed by atoms with van der Waals surface area (Å²) in [5.74, 6) is 0.772. The third-order valence-electron chi connectivity index (χ3n) is 7.38. The van der Waals surface area contributed by atoms with Crippen molar-refractivity contribution in [1.29, 1.82) is 0 Å². The first-order valence-electron chi connectivity index (χ1n) is 13.3. The van der Waals surface area contributed by atoms with Crippen LogP contribution in [0.25, 0.3) is 0 Å². The fraction of sp³-hybridized carbons (Fsp3) is 0.400. The number of pyridine rings is 1. The van der Waals surface area contributed by atoms with Gasteiger partial charge in [-0.2, -0.15) is 0 Å². The average molecular weight is 485 g/mol. The molecule has 0 spiro atoms. The zero-order chi connectivity index (χ0) is 24.9. The van der Waals surface area contributed by atoms with Crippen LogP contribution in [0.15, 0.2) is 48.7 Å². The number of ketones is 1. The Bertz CT molecular complexity index is 1230. The van der Waals surface area contributed by atoms with Crippen LogP contribution in [-0.2, 0) is 12.8 Å². The smallest absolute Gasteiger partial charge is 0.173 e. The molecule has 36 heavy (non-hydrogen) atoms. The summed E-state index contributed by atoms with van der Waals surface area (Å²) in [6, 6.07) is 13.4. The van der Waals surface area contributed by atoms with Gasteiger partial charge in [0.1, 0.15) is 11.6 Å². The maximum atomic E-state index is 13.4. The van der Waals surface area contributed by atoms with Crippen molar-refractivity contribution >= 4 is 28.7 Å². The Labute approximate surface area is 213 Å². The molecule has 0 atom stereocenters. The molecule has 0 saturated carbocycles. The number of carbonyl (C=O) groups is 1. The van der Waals surface area contributed by atoms with Crippen molar-refractivity contribution in [3.05, 3.63) is 70.9 Å². The number of benzene rings is 2. The van der Waals surface area contributed by atoms with Gasteiger partial charge < -0.3 is 20.6 Å². The number of fused-ring (bicyclic) bond motifs is 2. The van der Waals surface area contributed by atoms with Gasteiger partial charge in [-0.1, -0.05) is 31.0 Å². The normalized spacial score (nSPS) is 15.9. The van der Waals surface area contributed by atoms with Crippen molar-refractivity contribution in [2.75, 3.05) is 30.3 Å². The van der Waals surface area contributed by atoms with E-state index in [-0.39, 0.29) is 11.5 Å². The van der Waals surface area contributed by atoms with Gasteiger partial charge in [0.05, 0.1) is 11.3 Å². The summed E-state index contributed by atoms with van der Waals surface area (Å²) in [5, 5.41) is 16.7. The van der Waals surface area contributed by atoms with Crippen LogP contribution in [0.2, 0.25) is 0 Å². The molecule has 3 heterocycles. The number of hydrogen-bond donors (Lipinski definition) is 3. The molecular formula is C30H36N4O2.